The minimum Gasteiger partial charge on any atom is -0.494 e. The molecular weight excluding hydrogens is 475 g/mol. The molecule has 3 aromatic rings. The molecule has 1 fully saturated rings. The van der Waals surface area contributed by atoms with Gasteiger partial charge in [0.2, 0.25) is 0 Å². The molecule has 11 heteroatoms. The number of aryl methyl sites for hydroxylation is 1. The number of likely N-dealkylation sites (N-methyl/N-ethyl adjacent to an activating group) is 1. The van der Waals surface area contributed by atoms with E-state index in [1.165, 1.54) is 24.8 Å². The zero-order chi connectivity index (χ0) is 26.3. The average Bonchev–Trinajstić information content (AvgIpc) is 3.42. The van der Waals surface area contributed by atoms with Crippen molar-refractivity contribution >= 4 is 28.6 Å². The smallest absolute Gasteiger partial charge is 0.254 e. The monoisotopic (exact) mass is 508 g/mol. The van der Waals surface area contributed by atoms with Crippen molar-refractivity contribution in [3.05, 3.63) is 71.2 Å². The van der Waals surface area contributed by atoms with E-state index in [4.69, 9.17) is 10.6 Å². The van der Waals surface area contributed by atoms with Crippen LogP contribution in [0.5, 0.6) is 5.75 Å². The van der Waals surface area contributed by atoms with E-state index in [0.29, 0.717) is 28.6 Å². The van der Waals surface area contributed by atoms with Gasteiger partial charge in [-0.2, -0.15) is 0 Å². The van der Waals surface area contributed by atoms with E-state index in [1.807, 2.05) is 16.7 Å². The number of imidazole rings is 1. The third-order valence-corrected chi connectivity index (χ3v) is 7.02. The van der Waals surface area contributed by atoms with E-state index in [2.05, 4.69) is 44.1 Å². The first kappa shape index (κ1) is 24.4. The second kappa shape index (κ2) is 9.66. The third kappa shape index (κ3) is 4.42. The SMILES string of the molecule is CNC(=O)c1cc(N/C=C(\NN)c2cnc3cc(OC)c(N4CC5=CN(C)C(C5)C4)cn23)c(C)cc1F.[HH]. The second-order valence-corrected chi connectivity index (χ2v) is 9.36. The number of nitrogens with two attached hydrogens (primary N) is 1. The molecule has 1 unspecified atom stereocenters. The van der Waals surface area contributed by atoms with E-state index in [9.17, 15) is 9.18 Å². The molecule has 4 heterocycles. The van der Waals surface area contributed by atoms with Crippen LogP contribution >= 0.6 is 0 Å². The summed E-state index contributed by atoms with van der Waals surface area (Å²) in [5, 5.41) is 5.60. The first-order valence-electron chi connectivity index (χ1n) is 12.0. The number of amides is 1. The Balaban J connectivity index is 0.00000336. The molecule has 0 saturated carbocycles. The maximum atomic E-state index is 14.3. The summed E-state index contributed by atoms with van der Waals surface area (Å²) in [4.78, 5) is 21.2. The Morgan fingerprint density at radius 2 is 2.16 bits per heavy atom. The van der Waals surface area contributed by atoms with Crippen molar-refractivity contribution in [2.45, 2.75) is 19.4 Å². The number of ether oxygens (including phenoxy) is 1. The predicted octanol–water partition coefficient (Wildman–Crippen LogP) is 2.68. The molecule has 0 radical (unpaired) electrons. The van der Waals surface area contributed by atoms with E-state index in [0.717, 1.165) is 36.6 Å². The zero-order valence-corrected chi connectivity index (χ0v) is 21.3. The van der Waals surface area contributed by atoms with Crippen LogP contribution in [0.1, 0.15) is 29.5 Å². The lowest BCUT2D eigenvalue weighted by Crippen LogP contribution is -2.41. The highest BCUT2D eigenvalue weighted by molar-refractivity contribution is 5.95. The fourth-order valence-electron chi connectivity index (χ4n) is 5.01. The average molecular weight is 509 g/mol. The van der Waals surface area contributed by atoms with Crippen molar-refractivity contribution < 1.29 is 15.3 Å². The molecule has 196 valence electrons. The maximum absolute atomic E-state index is 14.3. The molecule has 2 bridgehead atoms. The molecule has 37 heavy (non-hydrogen) atoms. The van der Waals surface area contributed by atoms with Crippen molar-refractivity contribution in [1.82, 2.24) is 25.0 Å². The number of hydrogen-bond acceptors (Lipinski definition) is 8. The van der Waals surface area contributed by atoms with Gasteiger partial charge in [-0.1, -0.05) is 0 Å². The summed E-state index contributed by atoms with van der Waals surface area (Å²) in [6.45, 7) is 3.48. The molecule has 1 amide bonds. The van der Waals surface area contributed by atoms with Gasteiger partial charge in [-0.05, 0) is 36.6 Å². The van der Waals surface area contributed by atoms with E-state index >= 15 is 0 Å². The molecule has 0 aliphatic carbocycles. The summed E-state index contributed by atoms with van der Waals surface area (Å²) in [6, 6.07) is 5.15. The Labute approximate surface area is 216 Å². The fraction of sp³-hybridized carbons (Fsp3) is 0.308. The molecular formula is C26H33FN8O2. The number of methoxy groups -OCH3 is 1. The number of carbonyl (C=O) groups is 1. The highest BCUT2D eigenvalue weighted by Gasteiger charge is 2.32. The molecule has 2 aliphatic rings. The normalized spacial score (nSPS) is 17.2. The summed E-state index contributed by atoms with van der Waals surface area (Å²) < 4.78 is 22.0. The van der Waals surface area contributed by atoms with Crippen LogP contribution in [0.2, 0.25) is 0 Å². The number of hydrogen-bond donors (Lipinski definition) is 4. The number of anilines is 2. The van der Waals surface area contributed by atoms with Gasteiger partial charge in [-0.3, -0.25) is 15.0 Å². The van der Waals surface area contributed by atoms with Crippen LogP contribution in [-0.2, 0) is 0 Å². The number of hydrazine groups is 1. The number of fused-ring (bicyclic) bond motifs is 3. The third-order valence-electron chi connectivity index (χ3n) is 7.02. The van der Waals surface area contributed by atoms with Gasteiger partial charge in [-0.25, -0.2) is 9.37 Å². The van der Waals surface area contributed by atoms with Crippen LogP contribution in [0.25, 0.3) is 11.3 Å². The van der Waals surface area contributed by atoms with Gasteiger partial charge >= 0.3 is 0 Å². The van der Waals surface area contributed by atoms with Crippen molar-refractivity contribution in [3.8, 4) is 5.75 Å². The molecule has 5 N–H and O–H groups in total. The molecule has 1 saturated heterocycles. The summed E-state index contributed by atoms with van der Waals surface area (Å²) in [7, 11) is 5.24. The first-order valence-corrected chi connectivity index (χ1v) is 12.0. The number of rotatable bonds is 7. The lowest BCUT2D eigenvalue weighted by Gasteiger charge is -2.34. The number of pyridine rings is 1. The molecule has 1 atom stereocenters. The number of carbonyl (C=O) groups excluding carboxylic acids is 1. The van der Waals surface area contributed by atoms with E-state index < -0.39 is 11.7 Å². The highest BCUT2D eigenvalue weighted by Crippen LogP contribution is 2.36. The number of piperidine rings is 1. The van der Waals surface area contributed by atoms with Crippen molar-refractivity contribution in [1.29, 1.82) is 0 Å². The number of aromatic nitrogens is 2. The van der Waals surface area contributed by atoms with E-state index in [-0.39, 0.29) is 6.99 Å². The number of nitrogens with one attached hydrogen (secondary N) is 3. The summed E-state index contributed by atoms with van der Waals surface area (Å²) in [6.07, 6.45) is 8.72. The molecule has 5 rings (SSSR count). The van der Waals surface area contributed by atoms with Crippen molar-refractivity contribution in [2.24, 2.45) is 5.84 Å². The van der Waals surface area contributed by atoms with Gasteiger partial charge in [0.1, 0.15) is 17.2 Å². The first-order chi connectivity index (χ1) is 17.8. The molecule has 2 aliphatic heterocycles. The van der Waals surface area contributed by atoms with Gasteiger partial charge in [0, 0.05) is 65.0 Å². The zero-order valence-electron chi connectivity index (χ0n) is 21.3. The highest BCUT2D eigenvalue weighted by atomic mass is 19.1. The maximum Gasteiger partial charge on any atom is 0.254 e. The van der Waals surface area contributed by atoms with Crippen LogP contribution in [0.3, 0.4) is 0 Å². The molecule has 0 spiro atoms. The molecule has 2 aromatic heterocycles. The Hall–Kier alpha value is -4.25. The van der Waals surface area contributed by atoms with Crippen LogP contribution in [0.15, 0.2) is 48.6 Å². The Bertz CT molecular complexity index is 1440. The summed E-state index contributed by atoms with van der Waals surface area (Å²) >= 11 is 0. The van der Waals surface area contributed by atoms with Gasteiger partial charge in [0.05, 0.1) is 35.9 Å². The molecule has 1 aromatic carbocycles. The summed E-state index contributed by atoms with van der Waals surface area (Å²) in [5.74, 6) is 5.57. The second-order valence-electron chi connectivity index (χ2n) is 9.36. The minimum atomic E-state index is -0.583. The van der Waals surface area contributed by atoms with E-state index in [1.54, 1.807) is 26.4 Å². The largest absolute Gasteiger partial charge is 0.494 e. The van der Waals surface area contributed by atoms with Crippen molar-refractivity contribution in [2.75, 3.05) is 44.5 Å². The van der Waals surface area contributed by atoms with Gasteiger partial charge in [0.25, 0.3) is 5.91 Å². The topological polar surface area (TPSA) is 112 Å². The summed E-state index contributed by atoms with van der Waals surface area (Å²) in [5.41, 5.74) is 8.23. The Morgan fingerprint density at radius 3 is 2.86 bits per heavy atom. The van der Waals surface area contributed by atoms with Gasteiger partial charge in [0.15, 0.2) is 0 Å². The fourth-order valence-corrected chi connectivity index (χ4v) is 5.01. The lowest BCUT2D eigenvalue weighted by molar-refractivity contribution is 0.0959. The predicted molar refractivity (Wildman–Crippen MR) is 144 cm³/mol. The number of benzene rings is 1. The van der Waals surface area contributed by atoms with Crippen molar-refractivity contribution in [3.63, 3.8) is 0 Å². The Morgan fingerprint density at radius 1 is 1.35 bits per heavy atom. The van der Waals surface area contributed by atoms with Crippen LogP contribution in [0.4, 0.5) is 15.8 Å². The standard InChI is InChI=1S/C26H31FN8O2.H2/c1-15-5-19(27)18(26(36)29-2)7-20(15)30-9-21(32-28)22-10-31-25-8-24(37-4)23(14-35(22)25)34-12-16-6-17(13-34)33(3)11-16;/h5,7-11,14,17,30,32H,6,12-13,28H2,1-4H3,(H,29,36);1H/b21-9-;. The number of nitrogens with zero attached hydrogens (tertiary/aromatic N) is 4. The van der Waals surface area contributed by atoms with Gasteiger partial charge < -0.3 is 30.6 Å². The van der Waals surface area contributed by atoms with Gasteiger partial charge in [-0.15, -0.1) is 0 Å². The van der Waals surface area contributed by atoms with Crippen LogP contribution in [-0.4, -0.2) is 60.5 Å². The van der Waals surface area contributed by atoms with Crippen LogP contribution in [0, 0.1) is 12.7 Å². The Kier molecular flexibility index (Phi) is 6.38. The molecule has 10 nitrogen and oxygen atoms in total. The minimum absolute atomic E-state index is 0. The van der Waals surface area contributed by atoms with Crippen LogP contribution < -0.4 is 31.5 Å². The quantitative estimate of drug-likeness (QED) is 0.285. The lowest BCUT2D eigenvalue weighted by atomic mass is 10.0. The number of halogens is 1.